The number of alkyl halides is 3. The molecule has 0 atom stereocenters. The molecule has 45 heavy (non-hydrogen) atoms. The minimum Gasteiger partial charge on any atom is -0.508 e. The molecule has 0 radical (unpaired) electrons. The predicted octanol–water partition coefficient (Wildman–Crippen LogP) is 4.88. The van der Waals surface area contributed by atoms with Crippen molar-refractivity contribution in [2.24, 2.45) is 5.92 Å². The molecule has 11 nitrogen and oxygen atoms in total. The highest BCUT2D eigenvalue weighted by molar-refractivity contribution is 5.94. The summed E-state index contributed by atoms with van der Waals surface area (Å²) >= 11 is 0. The summed E-state index contributed by atoms with van der Waals surface area (Å²) in [6.07, 6.45) is -3.26. The molecule has 0 unspecified atom stereocenters. The maximum absolute atomic E-state index is 12.7. The summed E-state index contributed by atoms with van der Waals surface area (Å²) in [7, 11) is 3.17. The van der Waals surface area contributed by atoms with Gasteiger partial charge in [0.2, 0.25) is 5.95 Å². The van der Waals surface area contributed by atoms with Gasteiger partial charge in [-0.3, -0.25) is 4.79 Å². The fourth-order valence-corrected chi connectivity index (χ4v) is 4.75. The third-order valence-corrected chi connectivity index (χ3v) is 7.26. The number of nitrogen functional groups attached to an aromatic ring is 1. The number of rotatable bonds is 7. The smallest absolute Gasteiger partial charge is 0.490 e. The summed E-state index contributed by atoms with van der Waals surface area (Å²) < 4.78 is 42.5. The summed E-state index contributed by atoms with van der Waals surface area (Å²) in [4.78, 5) is 33.0. The lowest BCUT2D eigenvalue weighted by molar-refractivity contribution is -0.192. The first-order chi connectivity index (χ1) is 21.4. The standard InChI is InChI=1S/C29H31N5O4.C2HF3O2/c1-37-25-15-23-24(16-26(25)38-2)32-29(33-27(23)30)34-13-11-18(12-14-34)17-31-28(36)21-5-3-19(4-6-21)20-7-9-22(35)10-8-20;3-2(4,5)1(6)7/h3-10,15-16,18,35H,11-14,17H2,1-2H3,(H,31,36)(H2,30,32,33);(H,6,7). The first-order valence-corrected chi connectivity index (χ1v) is 13.8. The molecule has 0 bridgehead atoms. The molecule has 5 N–H and O–H groups in total. The Morgan fingerprint density at radius 2 is 1.49 bits per heavy atom. The number of hydrogen-bond donors (Lipinski definition) is 4. The van der Waals surface area contributed by atoms with Crippen LogP contribution in [0, 0.1) is 5.92 Å². The van der Waals surface area contributed by atoms with Gasteiger partial charge in [0.1, 0.15) is 11.6 Å². The number of hydrogen-bond acceptors (Lipinski definition) is 9. The molecule has 1 fully saturated rings. The van der Waals surface area contributed by atoms with Gasteiger partial charge in [-0.25, -0.2) is 9.78 Å². The number of amides is 1. The number of methoxy groups -OCH3 is 2. The van der Waals surface area contributed by atoms with Crippen LogP contribution in [0.2, 0.25) is 0 Å². The van der Waals surface area contributed by atoms with Crippen molar-refractivity contribution in [2.75, 3.05) is 44.5 Å². The maximum Gasteiger partial charge on any atom is 0.490 e. The van der Waals surface area contributed by atoms with E-state index < -0.39 is 12.1 Å². The summed E-state index contributed by atoms with van der Waals surface area (Å²) in [5.74, 6) is -0.0741. The second kappa shape index (κ2) is 14.0. The monoisotopic (exact) mass is 627 g/mol. The highest BCUT2D eigenvalue weighted by Crippen LogP contribution is 2.34. The fourth-order valence-electron chi connectivity index (χ4n) is 4.75. The molecule has 1 aliphatic heterocycles. The van der Waals surface area contributed by atoms with Gasteiger partial charge in [-0.05, 0) is 60.2 Å². The minimum absolute atomic E-state index is 0.0836. The largest absolute Gasteiger partial charge is 0.508 e. The number of nitrogens with two attached hydrogens (primary N) is 1. The van der Waals surface area contributed by atoms with Gasteiger partial charge in [0, 0.05) is 36.7 Å². The van der Waals surface area contributed by atoms with E-state index in [4.69, 9.17) is 30.1 Å². The lowest BCUT2D eigenvalue weighted by atomic mass is 9.96. The first kappa shape index (κ1) is 32.6. The van der Waals surface area contributed by atoms with Crippen molar-refractivity contribution in [3.05, 3.63) is 66.2 Å². The van der Waals surface area contributed by atoms with Crippen LogP contribution in [0.5, 0.6) is 17.2 Å². The Labute approximate surface area is 256 Å². The van der Waals surface area contributed by atoms with Crippen molar-refractivity contribution >= 4 is 34.5 Å². The average molecular weight is 628 g/mol. The van der Waals surface area contributed by atoms with Crippen LogP contribution >= 0.6 is 0 Å². The number of anilines is 2. The maximum atomic E-state index is 12.7. The topological polar surface area (TPSA) is 160 Å². The van der Waals surface area contributed by atoms with E-state index in [2.05, 4.69) is 15.2 Å². The number of aromatic hydroxyl groups is 1. The Morgan fingerprint density at radius 3 is 2.02 bits per heavy atom. The van der Waals surface area contributed by atoms with Gasteiger partial charge in [0.25, 0.3) is 5.91 Å². The van der Waals surface area contributed by atoms with E-state index in [0.717, 1.165) is 42.4 Å². The van der Waals surface area contributed by atoms with Crippen molar-refractivity contribution in [3.63, 3.8) is 0 Å². The number of fused-ring (bicyclic) bond motifs is 1. The SMILES string of the molecule is COc1cc2nc(N3CCC(CNC(=O)c4ccc(-c5ccc(O)cc5)cc4)CC3)nc(N)c2cc1OC.O=C(O)C(F)(F)F. The molecule has 0 spiro atoms. The number of nitrogens with zero attached hydrogens (tertiary/aromatic N) is 3. The zero-order valence-electron chi connectivity index (χ0n) is 24.5. The molecule has 5 rings (SSSR count). The number of halogens is 3. The van der Waals surface area contributed by atoms with Gasteiger partial charge in [0.15, 0.2) is 11.5 Å². The molecule has 0 aliphatic carbocycles. The average Bonchev–Trinajstić information content (AvgIpc) is 3.03. The van der Waals surface area contributed by atoms with E-state index in [1.165, 1.54) is 0 Å². The number of aromatic nitrogens is 2. The Bertz CT molecular complexity index is 1640. The Balaban J connectivity index is 0.000000591. The molecule has 2 heterocycles. The second-order valence-electron chi connectivity index (χ2n) is 10.2. The first-order valence-electron chi connectivity index (χ1n) is 13.8. The van der Waals surface area contributed by atoms with E-state index in [1.807, 2.05) is 42.5 Å². The lowest BCUT2D eigenvalue weighted by Crippen LogP contribution is -2.39. The number of ether oxygens (including phenoxy) is 2. The third-order valence-electron chi connectivity index (χ3n) is 7.26. The van der Waals surface area contributed by atoms with Crippen LogP contribution in [-0.4, -0.2) is 72.1 Å². The fraction of sp³-hybridized carbons (Fsp3) is 0.290. The van der Waals surface area contributed by atoms with Crippen LogP contribution in [0.1, 0.15) is 23.2 Å². The molecule has 1 aromatic heterocycles. The van der Waals surface area contributed by atoms with Gasteiger partial charge >= 0.3 is 12.1 Å². The number of phenols is 1. The van der Waals surface area contributed by atoms with Crippen molar-refractivity contribution in [3.8, 4) is 28.4 Å². The lowest BCUT2D eigenvalue weighted by Gasteiger charge is -2.32. The molecule has 14 heteroatoms. The third kappa shape index (κ3) is 8.22. The van der Waals surface area contributed by atoms with Crippen LogP contribution < -0.4 is 25.4 Å². The van der Waals surface area contributed by atoms with Crippen LogP contribution in [-0.2, 0) is 4.79 Å². The molecular weight excluding hydrogens is 595 g/mol. The number of phenolic OH excluding ortho intramolecular Hbond substituents is 1. The number of benzene rings is 3. The summed E-state index contributed by atoms with van der Waals surface area (Å²) in [6.45, 7) is 2.17. The minimum atomic E-state index is -5.08. The molecule has 1 saturated heterocycles. The van der Waals surface area contributed by atoms with E-state index in [1.54, 1.807) is 32.4 Å². The zero-order chi connectivity index (χ0) is 32.7. The molecule has 1 aliphatic rings. The van der Waals surface area contributed by atoms with Crippen molar-refractivity contribution < 1.29 is 42.4 Å². The van der Waals surface area contributed by atoms with Gasteiger partial charge < -0.3 is 35.6 Å². The van der Waals surface area contributed by atoms with Crippen molar-refractivity contribution in [1.82, 2.24) is 15.3 Å². The number of carboxylic acids is 1. The van der Waals surface area contributed by atoms with Gasteiger partial charge in [0.05, 0.1) is 19.7 Å². The van der Waals surface area contributed by atoms with Crippen molar-refractivity contribution in [1.29, 1.82) is 0 Å². The van der Waals surface area contributed by atoms with Crippen molar-refractivity contribution in [2.45, 2.75) is 19.0 Å². The molecular formula is C31H32F3N5O6. The Kier molecular flexibility index (Phi) is 10.2. The van der Waals surface area contributed by atoms with Crippen LogP contribution in [0.4, 0.5) is 24.9 Å². The molecule has 238 valence electrons. The van der Waals surface area contributed by atoms with Crippen LogP contribution in [0.3, 0.4) is 0 Å². The highest BCUT2D eigenvalue weighted by Gasteiger charge is 2.38. The summed E-state index contributed by atoms with van der Waals surface area (Å²) in [6, 6.07) is 18.1. The van der Waals surface area contributed by atoms with Crippen LogP contribution in [0.15, 0.2) is 60.7 Å². The van der Waals surface area contributed by atoms with Gasteiger partial charge in [-0.2, -0.15) is 18.2 Å². The molecule has 4 aromatic rings. The number of carbonyl (C=O) groups is 2. The zero-order valence-corrected chi connectivity index (χ0v) is 24.5. The summed E-state index contributed by atoms with van der Waals surface area (Å²) in [5.41, 5.74) is 9.56. The quantitative estimate of drug-likeness (QED) is 0.222. The van der Waals surface area contributed by atoms with E-state index >= 15 is 0 Å². The number of carbonyl (C=O) groups excluding carboxylic acids is 1. The number of piperidine rings is 1. The Hall–Kier alpha value is -5.27. The molecule has 1 amide bonds. The molecule has 3 aromatic carbocycles. The van der Waals surface area contributed by atoms with Gasteiger partial charge in [-0.1, -0.05) is 24.3 Å². The number of nitrogens with one attached hydrogen (secondary N) is 1. The number of aliphatic carboxylic acids is 1. The Morgan fingerprint density at radius 1 is 0.956 bits per heavy atom. The second-order valence-corrected chi connectivity index (χ2v) is 10.2. The van der Waals surface area contributed by atoms with E-state index in [0.29, 0.717) is 46.8 Å². The molecule has 0 saturated carbocycles. The van der Waals surface area contributed by atoms with Crippen LogP contribution in [0.25, 0.3) is 22.0 Å². The van der Waals surface area contributed by atoms with Gasteiger partial charge in [-0.15, -0.1) is 0 Å². The van der Waals surface area contributed by atoms with E-state index in [-0.39, 0.29) is 11.7 Å². The summed E-state index contributed by atoms with van der Waals surface area (Å²) in [5, 5.41) is 20.4. The predicted molar refractivity (Wildman–Crippen MR) is 162 cm³/mol. The highest BCUT2D eigenvalue weighted by atomic mass is 19.4. The van der Waals surface area contributed by atoms with E-state index in [9.17, 15) is 23.1 Å². The normalized spacial score (nSPS) is 13.5. The number of carboxylic acid groups (broad SMARTS) is 1.